The monoisotopic (exact) mass is 164 g/mol. The Morgan fingerprint density at radius 2 is 1.80 bits per heavy atom. The van der Waals surface area contributed by atoms with E-state index in [9.17, 15) is 9.59 Å². The Balaban J connectivity index is 4.40. The van der Waals surface area contributed by atoms with Crippen LogP contribution >= 0.6 is 11.6 Å². The first kappa shape index (κ1) is 9.43. The third-order valence-electron chi connectivity index (χ3n) is 1.19. The third kappa shape index (κ3) is 1.70. The van der Waals surface area contributed by atoms with Gasteiger partial charge in [-0.3, -0.25) is 9.59 Å². The largest absolute Gasteiger partial charge is 0.468 e. The molecule has 10 heavy (non-hydrogen) atoms. The minimum Gasteiger partial charge on any atom is -0.468 e. The molecule has 0 fully saturated rings. The topological polar surface area (TPSA) is 43.4 Å². The van der Waals surface area contributed by atoms with Gasteiger partial charge in [-0.15, -0.1) is 0 Å². The SMILES string of the molecule is COC(=O)C(C)(C)C(=O)Cl. The van der Waals surface area contributed by atoms with Gasteiger partial charge in [0.25, 0.3) is 0 Å². The Morgan fingerprint density at radius 1 is 1.40 bits per heavy atom. The van der Waals surface area contributed by atoms with Gasteiger partial charge < -0.3 is 4.74 Å². The molecule has 0 amide bonds. The molecule has 0 aliphatic carbocycles. The maximum absolute atomic E-state index is 10.7. The summed E-state index contributed by atoms with van der Waals surface area (Å²) in [4.78, 5) is 21.3. The Hall–Kier alpha value is -0.570. The van der Waals surface area contributed by atoms with Crippen LogP contribution < -0.4 is 0 Å². The molecule has 3 nitrogen and oxygen atoms in total. The maximum atomic E-state index is 10.7. The van der Waals surface area contributed by atoms with Crippen LogP contribution in [0.4, 0.5) is 0 Å². The minimum absolute atomic E-state index is 0.618. The second kappa shape index (κ2) is 3.01. The average Bonchev–Trinajstić information content (AvgIpc) is 1.86. The summed E-state index contributed by atoms with van der Waals surface area (Å²) in [5.41, 5.74) is -1.23. The molecule has 0 aliphatic rings. The van der Waals surface area contributed by atoms with E-state index in [0.717, 1.165) is 0 Å². The van der Waals surface area contributed by atoms with Gasteiger partial charge in [0.1, 0.15) is 5.41 Å². The molecule has 0 atom stereocenters. The van der Waals surface area contributed by atoms with Crippen LogP contribution in [0.2, 0.25) is 0 Å². The molecule has 0 saturated carbocycles. The van der Waals surface area contributed by atoms with Crippen molar-refractivity contribution in [2.75, 3.05) is 7.11 Å². The van der Waals surface area contributed by atoms with Crippen LogP contribution in [0.15, 0.2) is 0 Å². The molecule has 0 aromatic rings. The van der Waals surface area contributed by atoms with E-state index in [-0.39, 0.29) is 0 Å². The predicted molar refractivity (Wildman–Crippen MR) is 36.7 cm³/mol. The van der Waals surface area contributed by atoms with Gasteiger partial charge in [0, 0.05) is 0 Å². The van der Waals surface area contributed by atoms with E-state index in [1.807, 2.05) is 0 Å². The first-order valence-electron chi connectivity index (χ1n) is 2.71. The molecule has 0 aromatic heterocycles. The molecule has 0 saturated heterocycles. The number of carbonyl (C=O) groups is 2. The lowest BCUT2D eigenvalue weighted by Gasteiger charge is -2.14. The standard InChI is InChI=1S/C6H9ClO3/c1-6(2,4(7)8)5(9)10-3/h1-3H3. The molecule has 0 spiro atoms. The van der Waals surface area contributed by atoms with Crippen molar-refractivity contribution >= 4 is 22.8 Å². The molecular weight excluding hydrogens is 156 g/mol. The number of rotatable bonds is 2. The Bertz CT molecular complexity index is 162. The van der Waals surface area contributed by atoms with Gasteiger partial charge in [0.15, 0.2) is 0 Å². The normalized spacial score (nSPS) is 10.8. The molecule has 0 unspecified atom stereocenters. The van der Waals surface area contributed by atoms with Crippen LogP contribution in [0.25, 0.3) is 0 Å². The van der Waals surface area contributed by atoms with Gasteiger partial charge in [-0.25, -0.2) is 0 Å². The van der Waals surface area contributed by atoms with E-state index in [2.05, 4.69) is 4.74 Å². The highest BCUT2D eigenvalue weighted by Crippen LogP contribution is 2.19. The highest BCUT2D eigenvalue weighted by Gasteiger charge is 2.35. The number of hydrogen-bond acceptors (Lipinski definition) is 3. The first-order valence-corrected chi connectivity index (χ1v) is 3.09. The third-order valence-corrected chi connectivity index (χ3v) is 1.66. The summed E-state index contributed by atoms with van der Waals surface area (Å²) in [6.45, 7) is 2.82. The van der Waals surface area contributed by atoms with E-state index >= 15 is 0 Å². The molecular formula is C6H9ClO3. The fourth-order valence-corrected chi connectivity index (χ4v) is 0.413. The number of halogens is 1. The Morgan fingerprint density at radius 3 is 1.90 bits per heavy atom. The van der Waals surface area contributed by atoms with Gasteiger partial charge in [0.05, 0.1) is 7.11 Å². The van der Waals surface area contributed by atoms with Crippen LogP contribution in [0, 0.1) is 5.41 Å². The van der Waals surface area contributed by atoms with Gasteiger partial charge >= 0.3 is 5.97 Å². The van der Waals surface area contributed by atoms with E-state index in [1.165, 1.54) is 21.0 Å². The van der Waals surface area contributed by atoms with Crippen molar-refractivity contribution in [3.8, 4) is 0 Å². The highest BCUT2D eigenvalue weighted by molar-refractivity contribution is 6.66. The average molecular weight is 165 g/mol. The molecule has 0 aromatic carbocycles. The zero-order chi connectivity index (χ0) is 8.36. The van der Waals surface area contributed by atoms with Crippen molar-refractivity contribution in [2.24, 2.45) is 5.41 Å². The van der Waals surface area contributed by atoms with E-state index in [0.29, 0.717) is 0 Å². The summed E-state index contributed by atoms with van der Waals surface area (Å²) < 4.78 is 4.33. The van der Waals surface area contributed by atoms with Crippen LogP contribution in [-0.4, -0.2) is 18.3 Å². The van der Waals surface area contributed by atoms with Crippen LogP contribution in [0.5, 0.6) is 0 Å². The number of carbonyl (C=O) groups excluding carboxylic acids is 2. The van der Waals surface area contributed by atoms with Crippen molar-refractivity contribution in [1.29, 1.82) is 0 Å². The number of methoxy groups -OCH3 is 1. The van der Waals surface area contributed by atoms with Crippen molar-refractivity contribution in [1.82, 2.24) is 0 Å². The van der Waals surface area contributed by atoms with Crippen LogP contribution in [-0.2, 0) is 14.3 Å². The molecule has 0 rings (SSSR count). The predicted octanol–water partition coefficient (Wildman–Crippen LogP) is 0.951. The zero-order valence-electron chi connectivity index (χ0n) is 6.10. The van der Waals surface area contributed by atoms with Crippen molar-refractivity contribution in [2.45, 2.75) is 13.8 Å². The number of ether oxygens (including phenoxy) is 1. The van der Waals surface area contributed by atoms with Gasteiger partial charge in [-0.1, -0.05) is 0 Å². The summed E-state index contributed by atoms with van der Waals surface area (Å²) in [5, 5.41) is -0.709. The second-order valence-corrected chi connectivity index (χ2v) is 2.73. The fourth-order valence-electron chi connectivity index (χ4n) is 0.335. The highest BCUT2D eigenvalue weighted by atomic mass is 35.5. The quantitative estimate of drug-likeness (QED) is 0.347. The maximum Gasteiger partial charge on any atom is 0.320 e. The molecule has 4 heteroatoms. The number of esters is 1. The first-order chi connectivity index (χ1) is 4.42. The van der Waals surface area contributed by atoms with Gasteiger partial charge in [0.2, 0.25) is 5.24 Å². The summed E-state index contributed by atoms with van der Waals surface area (Å²) >= 11 is 5.10. The lowest BCUT2D eigenvalue weighted by atomic mass is 9.96. The van der Waals surface area contributed by atoms with Crippen LogP contribution in [0.1, 0.15) is 13.8 Å². The second-order valence-electron chi connectivity index (χ2n) is 2.39. The Labute approximate surface area is 64.3 Å². The molecule has 0 bridgehead atoms. The molecule has 0 radical (unpaired) electrons. The molecule has 58 valence electrons. The molecule has 0 N–H and O–H groups in total. The smallest absolute Gasteiger partial charge is 0.320 e. The van der Waals surface area contributed by atoms with E-state index in [4.69, 9.17) is 11.6 Å². The van der Waals surface area contributed by atoms with Gasteiger partial charge in [-0.05, 0) is 25.4 Å². The lowest BCUT2D eigenvalue weighted by Crippen LogP contribution is -2.31. The summed E-state index contributed by atoms with van der Waals surface area (Å²) in [5.74, 6) is -0.618. The van der Waals surface area contributed by atoms with Crippen molar-refractivity contribution in [3.63, 3.8) is 0 Å². The van der Waals surface area contributed by atoms with E-state index < -0.39 is 16.6 Å². The summed E-state index contributed by atoms with van der Waals surface area (Å²) in [7, 11) is 1.21. The molecule has 0 aliphatic heterocycles. The Kier molecular flexibility index (Phi) is 2.84. The van der Waals surface area contributed by atoms with E-state index in [1.54, 1.807) is 0 Å². The van der Waals surface area contributed by atoms with Crippen molar-refractivity contribution < 1.29 is 14.3 Å². The number of hydrogen-bond donors (Lipinski definition) is 0. The summed E-state index contributed by atoms with van der Waals surface area (Å²) in [6.07, 6.45) is 0. The van der Waals surface area contributed by atoms with Gasteiger partial charge in [-0.2, -0.15) is 0 Å². The van der Waals surface area contributed by atoms with Crippen LogP contribution in [0.3, 0.4) is 0 Å². The fraction of sp³-hybridized carbons (Fsp3) is 0.667. The molecule has 0 heterocycles. The zero-order valence-corrected chi connectivity index (χ0v) is 6.86. The summed E-state index contributed by atoms with van der Waals surface area (Å²) in [6, 6.07) is 0. The minimum atomic E-state index is -1.23. The lowest BCUT2D eigenvalue weighted by molar-refractivity contribution is -0.153. The van der Waals surface area contributed by atoms with Crippen molar-refractivity contribution in [3.05, 3.63) is 0 Å².